The topological polar surface area (TPSA) is 86.6 Å². The lowest BCUT2D eigenvalue weighted by atomic mass is 10.1. The Hall–Kier alpha value is -2.04. The van der Waals surface area contributed by atoms with Gasteiger partial charge in [0.25, 0.3) is 5.91 Å². The molecule has 1 amide bonds. The van der Waals surface area contributed by atoms with Gasteiger partial charge in [-0.2, -0.15) is 0 Å². The smallest absolute Gasteiger partial charge is 0.303 e. The van der Waals surface area contributed by atoms with E-state index in [0.29, 0.717) is 18.4 Å². The number of aromatic hydroxyl groups is 1. The third-order valence-electron chi connectivity index (χ3n) is 2.53. The Kier molecular flexibility index (Phi) is 5.17. The molecule has 0 saturated carbocycles. The Labute approximate surface area is 105 Å². The minimum atomic E-state index is -0.827. The standard InChI is InChI=1S/C13H17NO4/c1-9(3-2-4-12(16)17)14-13(18)10-5-7-11(15)8-6-10/h5-9,15H,2-4H2,1H3,(H,14,18)(H,16,17). The summed E-state index contributed by atoms with van der Waals surface area (Å²) < 4.78 is 0. The van der Waals surface area contributed by atoms with Crippen molar-refractivity contribution in [2.75, 3.05) is 0 Å². The van der Waals surface area contributed by atoms with Crippen molar-refractivity contribution in [1.29, 1.82) is 0 Å². The monoisotopic (exact) mass is 251 g/mol. The Morgan fingerprint density at radius 2 is 1.89 bits per heavy atom. The van der Waals surface area contributed by atoms with E-state index in [4.69, 9.17) is 10.2 Å². The molecule has 3 N–H and O–H groups in total. The van der Waals surface area contributed by atoms with Crippen LogP contribution in [0.1, 0.15) is 36.5 Å². The number of aliphatic carboxylic acids is 1. The van der Waals surface area contributed by atoms with E-state index in [2.05, 4.69) is 5.32 Å². The zero-order valence-corrected chi connectivity index (χ0v) is 10.2. The summed E-state index contributed by atoms with van der Waals surface area (Å²) in [5, 5.41) is 20.4. The van der Waals surface area contributed by atoms with Gasteiger partial charge in [-0.25, -0.2) is 0 Å². The van der Waals surface area contributed by atoms with Gasteiger partial charge >= 0.3 is 5.97 Å². The van der Waals surface area contributed by atoms with Crippen LogP contribution in [-0.2, 0) is 4.79 Å². The molecule has 98 valence electrons. The maximum Gasteiger partial charge on any atom is 0.303 e. The molecule has 1 aromatic carbocycles. The number of hydrogen-bond acceptors (Lipinski definition) is 3. The van der Waals surface area contributed by atoms with Gasteiger partial charge in [0.05, 0.1) is 0 Å². The van der Waals surface area contributed by atoms with Gasteiger partial charge in [-0.3, -0.25) is 9.59 Å². The molecule has 1 rings (SSSR count). The first-order chi connectivity index (χ1) is 8.49. The lowest BCUT2D eigenvalue weighted by Crippen LogP contribution is -2.32. The Morgan fingerprint density at radius 1 is 1.28 bits per heavy atom. The van der Waals surface area contributed by atoms with E-state index in [1.165, 1.54) is 24.3 Å². The lowest BCUT2D eigenvalue weighted by Gasteiger charge is -2.13. The summed E-state index contributed by atoms with van der Waals surface area (Å²) in [7, 11) is 0. The molecular formula is C13H17NO4. The number of phenols is 1. The van der Waals surface area contributed by atoms with Gasteiger partial charge in [-0.05, 0) is 44.0 Å². The maximum absolute atomic E-state index is 11.8. The second-order valence-corrected chi connectivity index (χ2v) is 4.21. The van der Waals surface area contributed by atoms with Crippen molar-refractivity contribution in [3.63, 3.8) is 0 Å². The molecule has 0 spiro atoms. The first-order valence-electron chi connectivity index (χ1n) is 5.80. The summed E-state index contributed by atoms with van der Waals surface area (Å²) in [4.78, 5) is 22.1. The summed E-state index contributed by atoms with van der Waals surface area (Å²) >= 11 is 0. The van der Waals surface area contributed by atoms with Crippen molar-refractivity contribution in [3.8, 4) is 5.75 Å². The van der Waals surface area contributed by atoms with Gasteiger partial charge < -0.3 is 15.5 Å². The molecule has 0 heterocycles. The quantitative estimate of drug-likeness (QED) is 0.719. The number of amides is 1. The van der Waals surface area contributed by atoms with Crippen LogP contribution in [0.25, 0.3) is 0 Å². The lowest BCUT2D eigenvalue weighted by molar-refractivity contribution is -0.137. The first kappa shape index (κ1) is 14.0. The molecule has 0 saturated heterocycles. The van der Waals surface area contributed by atoms with Crippen molar-refractivity contribution < 1.29 is 19.8 Å². The van der Waals surface area contributed by atoms with Crippen molar-refractivity contribution in [2.24, 2.45) is 0 Å². The number of carbonyl (C=O) groups is 2. The highest BCUT2D eigenvalue weighted by Gasteiger charge is 2.10. The SMILES string of the molecule is CC(CCCC(=O)O)NC(=O)c1ccc(O)cc1. The average Bonchev–Trinajstić information content (AvgIpc) is 2.29. The van der Waals surface area contributed by atoms with Crippen molar-refractivity contribution in [3.05, 3.63) is 29.8 Å². The fourth-order valence-corrected chi connectivity index (χ4v) is 1.55. The molecule has 5 heteroatoms. The maximum atomic E-state index is 11.8. The highest BCUT2D eigenvalue weighted by Crippen LogP contribution is 2.10. The number of carboxylic acids is 1. The minimum absolute atomic E-state index is 0.0781. The first-order valence-corrected chi connectivity index (χ1v) is 5.80. The van der Waals surface area contributed by atoms with E-state index >= 15 is 0 Å². The molecule has 0 bridgehead atoms. The molecule has 1 atom stereocenters. The zero-order chi connectivity index (χ0) is 13.5. The van der Waals surface area contributed by atoms with E-state index in [-0.39, 0.29) is 24.1 Å². The van der Waals surface area contributed by atoms with E-state index < -0.39 is 5.97 Å². The van der Waals surface area contributed by atoms with E-state index in [1.807, 2.05) is 6.92 Å². The predicted molar refractivity (Wildman–Crippen MR) is 66.5 cm³/mol. The third kappa shape index (κ3) is 4.86. The molecule has 0 fully saturated rings. The van der Waals surface area contributed by atoms with Crippen LogP contribution < -0.4 is 5.32 Å². The molecule has 0 aromatic heterocycles. The highest BCUT2D eigenvalue weighted by molar-refractivity contribution is 5.94. The molecule has 5 nitrogen and oxygen atoms in total. The van der Waals surface area contributed by atoms with Crippen molar-refractivity contribution in [2.45, 2.75) is 32.2 Å². The molecule has 1 unspecified atom stereocenters. The number of phenolic OH excluding ortho intramolecular Hbond substituents is 1. The summed E-state index contributed by atoms with van der Waals surface area (Å²) in [5.74, 6) is -0.939. The number of benzene rings is 1. The van der Waals surface area contributed by atoms with Crippen LogP contribution in [0.4, 0.5) is 0 Å². The van der Waals surface area contributed by atoms with Crippen LogP contribution in [0.3, 0.4) is 0 Å². The normalized spacial score (nSPS) is 11.8. The minimum Gasteiger partial charge on any atom is -0.508 e. The van der Waals surface area contributed by atoms with Gasteiger partial charge in [0, 0.05) is 18.0 Å². The van der Waals surface area contributed by atoms with Gasteiger partial charge in [0.15, 0.2) is 0 Å². The molecule has 1 aromatic rings. The zero-order valence-electron chi connectivity index (χ0n) is 10.2. The van der Waals surface area contributed by atoms with E-state index in [1.54, 1.807) is 0 Å². The van der Waals surface area contributed by atoms with Crippen LogP contribution in [0.15, 0.2) is 24.3 Å². The second-order valence-electron chi connectivity index (χ2n) is 4.21. The van der Waals surface area contributed by atoms with Gasteiger partial charge in [0.2, 0.25) is 0 Å². The molecule has 0 aliphatic heterocycles. The number of hydrogen-bond donors (Lipinski definition) is 3. The summed E-state index contributed by atoms with van der Waals surface area (Å²) in [6.45, 7) is 1.83. The van der Waals surface area contributed by atoms with E-state index in [9.17, 15) is 9.59 Å². The Morgan fingerprint density at radius 3 is 2.44 bits per heavy atom. The van der Waals surface area contributed by atoms with Crippen LogP contribution in [-0.4, -0.2) is 28.1 Å². The highest BCUT2D eigenvalue weighted by atomic mass is 16.4. The molecule has 18 heavy (non-hydrogen) atoms. The number of rotatable bonds is 6. The van der Waals surface area contributed by atoms with Gasteiger partial charge in [-0.15, -0.1) is 0 Å². The van der Waals surface area contributed by atoms with Gasteiger partial charge in [-0.1, -0.05) is 0 Å². The fraction of sp³-hybridized carbons (Fsp3) is 0.385. The van der Waals surface area contributed by atoms with Crippen LogP contribution >= 0.6 is 0 Å². The van der Waals surface area contributed by atoms with Crippen LogP contribution in [0.2, 0.25) is 0 Å². The van der Waals surface area contributed by atoms with Crippen molar-refractivity contribution >= 4 is 11.9 Å². The Balaban J connectivity index is 2.39. The van der Waals surface area contributed by atoms with Crippen LogP contribution in [0.5, 0.6) is 5.75 Å². The summed E-state index contributed by atoms with van der Waals surface area (Å²) in [6.07, 6.45) is 1.27. The Bertz CT molecular complexity index is 414. The molecule has 0 aliphatic rings. The molecular weight excluding hydrogens is 234 g/mol. The summed E-state index contributed by atoms with van der Waals surface area (Å²) in [6, 6.07) is 5.89. The third-order valence-corrected chi connectivity index (χ3v) is 2.53. The van der Waals surface area contributed by atoms with E-state index in [0.717, 1.165) is 0 Å². The van der Waals surface area contributed by atoms with Crippen LogP contribution in [0, 0.1) is 0 Å². The fourth-order valence-electron chi connectivity index (χ4n) is 1.55. The number of nitrogens with one attached hydrogen (secondary N) is 1. The number of carboxylic acid groups (broad SMARTS) is 1. The largest absolute Gasteiger partial charge is 0.508 e. The predicted octanol–water partition coefficient (Wildman–Crippen LogP) is 1.77. The molecule has 0 aliphatic carbocycles. The molecule has 0 radical (unpaired) electrons. The second kappa shape index (κ2) is 6.64. The van der Waals surface area contributed by atoms with Crippen molar-refractivity contribution in [1.82, 2.24) is 5.32 Å². The average molecular weight is 251 g/mol. The summed E-state index contributed by atoms with van der Waals surface area (Å²) in [5.41, 5.74) is 0.470. The van der Waals surface area contributed by atoms with Gasteiger partial charge in [0.1, 0.15) is 5.75 Å². The number of carbonyl (C=O) groups excluding carboxylic acids is 1.